The predicted octanol–water partition coefficient (Wildman–Crippen LogP) is 3.25. The molecule has 0 amide bonds. The molecule has 0 fully saturated rings. The standard InChI is InChI=1S/C14H18FN3S/c1-9(16)14-11(15)5-4-6-12(14)18(3)7-13-10(2)17-8-19-13/h4-6,8-9H,7,16H2,1-3H3/t9-/m0/s1. The molecule has 0 aliphatic carbocycles. The van der Waals surface area contributed by atoms with Gasteiger partial charge in [0.05, 0.1) is 17.7 Å². The highest BCUT2D eigenvalue weighted by Gasteiger charge is 2.16. The van der Waals surface area contributed by atoms with E-state index >= 15 is 0 Å². The minimum Gasteiger partial charge on any atom is -0.369 e. The van der Waals surface area contributed by atoms with Crippen LogP contribution in [-0.2, 0) is 6.54 Å². The quantitative estimate of drug-likeness (QED) is 0.934. The van der Waals surface area contributed by atoms with Crippen LogP contribution in [0.25, 0.3) is 0 Å². The summed E-state index contributed by atoms with van der Waals surface area (Å²) < 4.78 is 13.9. The minimum atomic E-state index is -0.332. The molecule has 1 heterocycles. The van der Waals surface area contributed by atoms with E-state index in [4.69, 9.17) is 5.73 Å². The summed E-state index contributed by atoms with van der Waals surface area (Å²) in [6, 6.07) is 4.74. The topological polar surface area (TPSA) is 42.2 Å². The summed E-state index contributed by atoms with van der Waals surface area (Å²) in [6.45, 7) is 4.49. The number of aryl methyl sites for hydroxylation is 1. The molecule has 0 unspecified atom stereocenters. The lowest BCUT2D eigenvalue weighted by Gasteiger charge is -2.24. The second-order valence-electron chi connectivity index (χ2n) is 4.68. The Hall–Kier alpha value is -1.46. The van der Waals surface area contributed by atoms with Gasteiger partial charge in [-0.25, -0.2) is 9.37 Å². The van der Waals surface area contributed by atoms with Crippen LogP contribution in [0.1, 0.15) is 29.1 Å². The first-order valence-electron chi connectivity index (χ1n) is 6.14. The number of anilines is 1. The first-order chi connectivity index (χ1) is 9.00. The van der Waals surface area contributed by atoms with Crippen LogP contribution < -0.4 is 10.6 Å². The summed E-state index contributed by atoms with van der Waals surface area (Å²) in [5.74, 6) is -0.250. The van der Waals surface area contributed by atoms with Gasteiger partial charge in [0.2, 0.25) is 0 Å². The number of aromatic nitrogens is 1. The Labute approximate surface area is 116 Å². The summed E-state index contributed by atoms with van der Waals surface area (Å²) >= 11 is 1.61. The molecular weight excluding hydrogens is 261 g/mol. The van der Waals surface area contributed by atoms with Crippen molar-refractivity contribution in [1.82, 2.24) is 4.98 Å². The van der Waals surface area contributed by atoms with E-state index in [1.165, 1.54) is 10.9 Å². The van der Waals surface area contributed by atoms with Crippen molar-refractivity contribution < 1.29 is 4.39 Å². The molecule has 5 heteroatoms. The van der Waals surface area contributed by atoms with Gasteiger partial charge in [-0.05, 0) is 26.0 Å². The molecular formula is C14H18FN3S. The van der Waals surface area contributed by atoms with Crippen LogP contribution in [0.15, 0.2) is 23.7 Å². The van der Waals surface area contributed by atoms with E-state index < -0.39 is 0 Å². The Morgan fingerprint density at radius 3 is 2.79 bits per heavy atom. The monoisotopic (exact) mass is 279 g/mol. The third kappa shape index (κ3) is 2.93. The summed E-state index contributed by atoms with van der Waals surface area (Å²) in [5, 5.41) is 0. The molecule has 3 nitrogen and oxygen atoms in total. The maximum atomic E-state index is 13.9. The lowest BCUT2D eigenvalue weighted by Crippen LogP contribution is -2.21. The van der Waals surface area contributed by atoms with Gasteiger partial charge in [0.15, 0.2) is 0 Å². The van der Waals surface area contributed by atoms with Gasteiger partial charge in [-0.3, -0.25) is 0 Å². The Balaban J connectivity index is 2.31. The molecule has 0 bridgehead atoms. The smallest absolute Gasteiger partial charge is 0.130 e. The SMILES string of the molecule is Cc1ncsc1CN(C)c1cccc(F)c1[C@H](C)N. The van der Waals surface area contributed by atoms with Crippen LogP contribution in [0.4, 0.5) is 10.1 Å². The maximum absolute atomic E-state index is 13.9. The van der Waals surface area contributed by atoms with Crippen molar-refractivity contribution in [2.75, 3.05) is 11.9 Å². The second-order valence-corrected chi connectivity index (χ2v) is 5.62. The van der Waals surface area contributed by atoms with Crippen molar-refractivity contribution in [3.63, 3.8) is 0 Å². The van der Waals surface area contributed by atoms with Gasteiger partial charge < -0.3 is 10.6 Å². The number of benzene rings is 1. The highest BCUT2D eigenvalue weighted by molar-refractivity contribution is 7.09. The predicted molar refractivity (Wildman–Crippen MR) is 78.0 cm³/mol. The van der Waals surface area contributed by atoms with Crippen LogP contribution in [0, 0.1) is 12.7 Å². The number of nitrogens with zero attached hydrogens (tertiary/aromatic N) is 2. The fraction of sp³-hybridized carbons (Fsp3) is 0.357. The molecule has 1 aromatic carbocycles. The molecule has 1 aromatic heterocycles. The Morgan fingerprint density at radius 1 is 1.47 bits per heavy atom. The molecule has 102 valence electrons. The summed E-state index contributed by atoms with van der Waals surface area (Å²) in [4.78, 5) is 7.43. The zero-order valence-corrected chi connectivity index (χ0v) is 12.2. The zero-order valence-electron chi connectivity index (χ0n) is 11.4. The molecule has 0 saturated heterocycles. The fourth-order valence-corrected chi connectivity index (χ4v) is 2.92. The van der Waals surface area contributed by atoms with E-state index in [-0.39, 0.29) is 11.9 Å². The van der Waals surface area contributed by atoms with E-state index in [0.29, 0.717) is 12.1 Å². The third-order valence-corrected chi connectivity index (χ3v) is 4.04. The highest BCUT2D eigenvalue weighted by Crippen LogP contribution is 2.29. The van der Waals surface area contributed by atoms with Crippen LogP contribution in [0.3, 0.4) is 0 Å². The molecule has 2 aromatic rings. The van der Waals surface area contributed by atoms with Crippen molar-refractivity contribution in [3.8, 4) is 0 Å². The number of thiazole rings is 1. The lowest BCUT2D eigenvalue weighted by atomic mass is 10.1. The molecule has 2 rings (SSSR count). The molecule has 19 heavy (non-hydrogen) atoms. The third-order valence-electron chi connectivity index (χ3n) is 3.12. The van der Waals surface area contributed by atoms with Gasteiger partial charge in [-0.15, -0.1) is 11.3 Å². The number of hydrogen-bond donors (Lipinski definition) is 1. The number of hydrogen-bond acceptors (Lipinski definition) is 4. The number of nitrogens with two attached hydrogens (primary N) is 1. The van der Waals surface area contributed by atoms with Crippen LogP contribution in [0.2, 0.25) is 0 Å². The Morgan fingerprint density at radius 2 is 2.21 bits per heavy atom. The Bertz CT molecular complexity index is 566. The normalized spacial score (nSPS) is 12.5. The highest BCUT2D eigenvalue weighted by atomic mass is 32.1. The minimum absolute atomic E-state index is 0.250. The summed E-state index contributed by atoms with van der Waals surface area (Å²) in [5.41, 5.74) is 10.1. The first-order valence-corrected chi connectivity index (χ1v) is 7.02. The van der Waals surface area contributed by atoms with Crippen LogP contribution in [-0.4, -0.2) is 12.0 Å². The maximum Gasteiger partial charge on any atom is 0.130 e. The summed E-state index contributed by atoms with van der Waals surface area (Å²) in [7, 11) is 1.94. The van der Waals surface area contributed by atoms with Gasteiger partial charge in [0.1, 0.15) is 5.82 Å². The number of rotatable bonds is 4. The van der Waals surface area contributed by atoms with Gasteiger partial charge in [0.25, 0.3) is 0 Å². The second kappa shape index (κ2) is 5.67. The molecule has 0 spiro atoms. The largest absolute Gasteiger partial charge is 0.369 e. The van der Waals surface area contributed by atoms with Crippen molar-refractivity contribution in [2.45, 2.75) is 26.4 Å². The van der Waals surface area contributed by atoms with E-state index in [1.807, 2.05) is 30.4 Å². The van der Waals surface area contributed by atoms with Crippen molar-refractivity contribution >= 4 is 17.0 Å². The molecule has 1 atom stereocenters. The van der Waals surface area contributed by atoms with E-state index in [1.54, 1.807) is 24.3 Å². The van der Waals surface area contributed by atoms with Crippen LogP contribution in [0.5, 0.6) is 0 Å². The van der Waals surface area contributed by atoms with E-state index in [9.17, 15) is 4.39 Å². The van der Waals surface area contributed by atoms with E-state index in [0.717, 1.165) is 11.4 Å². The molecule has 0 aliphatic rings. The summed E-state index contributed by atoms with van der Waals surface area (Å²) in [6.07, 6.45) is 0. The van der Waals surface area contributed by atoms with Gasteiger partial charge in [-0.2, -0.15) is 0 Å². The average molecular weight is 279 g/mol. The van der Waals surface area contributed by atoms with E-state index in [2.05, 4.69) is 4.98 Å². The molecule has 0 saturated carbocycles. The zero-order chi connectivity index (χ0) is 14.0. The lowest BCUT2D eigenvalue weighted by molar-refractivity contribution is 0.592. The average Bonchev–Trinajstić information content (AvgIpc) is 2.74. The van der Waals surface area contributed by atoms with Crippen LogP contribution >= 0.6 is 11.3 Å². The van der Waals surface area contributed by atoms with Gasteiger partial charge >= 0.3 is 0 Å². The van der Waals surface area contributed by atoms with Gasteiger partial charge in [-0.1, -0.05) is 6.07 Å². The van der Waals surface area contributed by atoms with Crippen molar-refractivity contribution in [3.05, 3.63) is 45.7 Å². The molecule has 2 N–H and O–H groups in total. The first kappa shape index (κ1) is 14.0. The molecule has 0 aliphatic heterocycles. The van der Waals surface area contributed by atoms with Crippen molar-refractivity contribution in [1.29, 1.82) is 0 Å². The fourth-order valence-electron chi connectivity index (χ4n) is 2.09. The Kier molecular flexibility index (Phi) is 4.17. The van der Waals surface area contributed by atoms with Gasteiger partial charge in [0, 0.05) is 29.2 Å². The number of halogens is 1. The molecule has 0 radical (unpaired) electrons. The van der Waals surface area contributed by atoms with Crippen molar-refractivity contribution in [2.24, 2.45) is 5.73 Å².